The average molecular weight is 414 g/mol. The van der Waals surface area contributed by atoms with Crippen molar-refractivity contribution in [3.8, 4) is 0 Å². The molecule has 0 radical (unpaired) electrons. The van der Waals surface area contributed by atoms with Crippen LogP contribution in [0.2, 0.25) is 0 Å². The number of rotatable bonds is 8. The van der Waals surface area contributed by atoms with Crippen LogP contribution in [-0.4, -0.2) is 23.0 Å². The number of ketones is 1. The van der Waals surface area contributed by atoms with Crippen molar-refractivity contribution in [1.29, 1.82) is 0 Å². The maximum absolute atomic E-state index is 13.4. The van der Waals surface area contributed by atoms with Crippen molar-refractivity contribution in [1.82, 2.24) is 0 Å². The van der Waals surface area contributed by atoms with Crippen molar-refractivity contribution in [3.63, 3.8) is 0 Å². The first-order chi connectivity index (χ1) is 15.0. The molecule has 0 aliphatic carbocycles. The second-order valence-electron chi connectivity index (χ2n) is 6.78. The van der Waals surface area contributed by atoms with E-state index in [9.17, 15) is 14.9 Å². The van der Waals surface area contributed by atoms with E-state index in [-0.39, 0.29) is 17.2 Å². The van der Waals surface area contributed by atoms with Crippen LogP contribution >= 0.6 is 0 Å². The van der Waals surface area contributed by atoms with Gasteiger partial charge in [-0.15, -0.1) is 0 Å². The monoisotopic (exact) mass is 414 g/mol. The minimum atomic E-state index is -0.458. The summed E-state index contributed by atoms with van der Waals surface area (Å²) in [6, 6.07) is 22.4. The summed E-state index contributed by atoms with van der Waals surface area (Å²) in [4.78, 5) is 28.4. The molecule has 6 nitrogen and oxygen atoms in total. The molecule has 0 fully saturated rings. The van der Waals surface area contributed by atoms with Gasteiger partial charge in [-0.1, -0.05) is 48.0 Å². The van der Waals surface area contributed by atoms with Crippen molar-refractivity contribution < 1.29 is 14.5 Å². The van der Waals surface area contributed by atoms with Gasteiger partial charge >= 0.3 is 0 Å². The first kappa shape index (κ1) is 21.6. The van der Waals surface area contributed by atoms with E-state index in [0.717, 1.165) is 5.56 Å². The van der Waals surface area contributed by atoms with E-state index in [1.165, 1.54) is 12.1 Å². The van der Waals surface area contributed by atoms with Gasteiger partial charge in [-0.3, -0.25) is 14.9 Å². The molecule has 0 amide bonds. The number of nitrogens with zero attached hydrogens (tertiary/aromatic N) is 2. The van der Waals surface area contributed by atoms with E-state index < -0.39 is 4.92 Å². The molecule has 6 heteroatoms. The van der Waals surface area contributed by atoms with Crippen molar-refractivity contribution in [2.75, 3.05) is 6.61 Å². The molecule has 0 aromatic heterocycles. The SMILES string of the molecule is CCO/C(=C\c1ccc([N+](=O)[O-])cc1)C(=Nc1ccccc1)C(=O)c1ccc(C)cc1. The second kappa shape index (κ2) is 10.1. The van der Waals surface area contributed by atoms with Gasteiger partial charge in [-0.05, 0) is 49.8 Å². The largest absolute Gasteiger partial charge is 0.491 e. The Morgan fingerprint density at radius 3 is 2.23 bits per heavy atom. The number of non-ortho nitro benzene ring substituents is 1. The topological polar surface area (TPSA) is 81.8 Å². The third-order valence-electron chi connectivity index (χ3n) is 4.46. The number of hydrogen-bond acceptors (Lipinski definition) is 5. The maximum atomic E-state index is 13.4. The molecule has 0 aliphatic rings. The third kappa shape index (κ3) is 5.73. The molecule has 0 bridgehead atoms. The number of para-hydroxylation sites is 1. The molecule has 0 aliphatic heterocycles. The van der Waals surface area contributed by atoms with Crippen LogP contribution in [-0.2, 0) is 4.74 Å². The zero-order valence-electron chi connectivity index (χ0n) is 17.3. The Morgan fingerprint density at radius 1 is 1.00 bits per heavy atom. The first-order valence-corrected chi connectivity index (χ1v) is 9.82. The Labute approximate surface area is 180 Å². The highest BCUT2D eigenvalue weighted by Crippen LogP contribution is 2.20. The van der Waals surface area contributed by atoms with Gasteiger partial charge in [0.2, 0.25) is 5.78 Å². The van der Waals surface area contributed by atoms with Crippen LogP contribution in [0.1, 0.15) is 28.4 Å². The minimum absolute atomic E-state index is 0.0102. The summed E-state index contributed by atoms with van der Waals surface area (Å²) in [5.41, 5.74) is 2.97. The zero-order chi connectivity index (χ0) is 22.2. The van der Waals surface area contributed by atoms with Crippen LogP contribution in [0.5, 0.6) is 0 Å². The Hall–Kier alpha value is -4.06. The number of carbonyl (C=O) groups excluding carboxylic acids is 1. The van der Waals surface area contributed by atoms with E-state index in [2.05, 4.69) is 4.99 Å². The van der Waals surface area contributed by atoms with Gasteiger partial charge < -0.3 is 4.74 Å². The summed E-state index contributed by atoms with van der Waals surface area (Å²) in [6.45, 7) is 4.10. The lowest BCUT2D eigenvalue weighted by molar-refractivity contribution is -0.384. The summed E-state index contributed by atoms with van der Waals surface area (Å²) < 4.78 is 5.80. The van der Waals surface area contributed by atoms with Crippen LogP contribution in [0, 0.1) is 17.0 Å². The zero-order valence-corrected chi connectivity index (χ0v) is 17.3. The van der Waals surface area contributed by atoms with Crippen LogP contribution in [0.15, 0.2) is 89.6 Å². The fourth-order valence-corrected chi connectivity index (χ4v) is 2.87. The van der Waals surface area contributed by atoms with Crippen LogP contribution in [0.25, 0.3) is 6.08 Å². The van der Waals surface area contributed by atoms with Gasteiger partial charge in [0.15, 0.2) is 5.71 Å². The second-order valence-corrected chi connectivity index (χ2v) is 6.78. The Balaban J connectivity index is 2.09. The Kier molecular flexibility index (Phi) is 7.06. The summed E-state index contributed by atoms with van der Waals surface area (Å²) in [7, 11) is 0. The van der Waals surface area contributed by atoms with E-state index >= 15 is 0 Å². The van der Waals surface area contributed by atoms with Crippen molar-refractivity contribution in [2.45, 2.75) is 13.8 Å². The predicted octanol–water partition coefficient (Wildman–Crippen LogP) is 5.94. The molecule has 0 N–H and O–H groups in total. The number of ether oxygens (including phenoxy) is 1. The number of benzene rings is 3. The minimum Gasteiger partial charge on any atom is -0.491 e. The molecule has 31 heavy (non-hydrogen) atoms. The molecule has 0 unspecified atom stereocenters. The maximum Gasteiger partial charge on any atom is 0.269 e. The lowest BCUT2D eigenvalue weighted by Crippen LogP contribution is -2.19. The Morgan fingerprint density at radius 2 is 1.65 bits per heavy atom. The molecular formula is C25H22N2O4. The van der Waals surface area contributed by atoms with Crippen molar-refractivity contribution in [2.24, 2.45) is 4.99 Å². The molecule has 0 saturated heterocycles. The fourth-order valence-electron chi connectivity index (χ4n) is 2.87. The fraction of sp³-hybridized carbons (Fsp3) is 0.120. The first-order valence-electron chi connectivity index (χ1n) is 9.82. The number of nitro benzene ring substituents is 1. The summed E-state index contributed by atoms with van der Waals surface area (Å²) >= 11 is 0. The molecule has 3 rings (SSSR count). The van der Waals surface area contributed by atoms with Crippen molar-refractivity contribution in [3.05, 3.63) is 111 Å². The smallest absolute Gasteiger partial charge is 0.269 e. The normalized spacial score (nSPS) is 11.8. The van der Waals surface area contributed by atoms with Crippen molar-refractivity contribution >= 4 is 28.9 Å². The molecule has 3 aromatic carbocycles. The number of carbonyl (C=O) groups is 1. The number of aryl methyl sites for hydroxylation is 1. The quantitative estimate of drug-likeness (QED) is 0.150. The Bertz CT molecular complexity index is 1120. The highest BCUT2D eigenvalue weighted by molar-refractivity contribution is 6.51. The van der Waals surface area contributed by atoms with Crippen LogP contribution < -0.4 is 0 Å². The molecule has 0 atom stereocenters. The van der Waals surface area contributed by atoms with Gasteiger partial charge in [0.25, 0.3) is 5.69 Å². The van der Waals surface area contributed by atoms with Crippen LogP contribution in [0.3, 0.4) is 0 Å². The molecule has 0 heterocycles. The van der Waals surface area contributed by atoms with Gasteiger partial charge in [0.05, 0.1) is 17.2 Å². The number of aliphatic imine (C=N–C) groups is 1. The third-order valence-corrected chi connectivity index (χ3v) is 4.46. The molecule has 0 saturated carbocycles. The van der Waals surface area contributed by atoms with Gasteiger partial charge in [0, 0.05) is 17.7 Å². The number of nitro groups is 1. The molecule has 0 spiro atoms. The van der Waals surface area contributed by atoms with E-state index in [1.54, 1.807) is 42.5 Å². The standard InChI is InChI=1S/C25H22N2O4/c1-3-31-23(17-19-11-15-22(16-12-19)27(29)30)24(26-21-7-5-4-6-8-21)25(28)20-13-9-18(2)10-14-20/h4-17H,3H2,1-2H3/b23-17-,26-24?. The summed E-state index contributed by atoms with van der Waals surface area (Å²) in [6.07, 6.45) is 1.67. The average Bonchev–Trinajstić information content (AvgIpc) is 2.78. The summed E-state index contributed by atoms with van der Waals surface area (Å²) in [5.74, 6) is 0.0243. The highest BCUT2D eigenvalue weighted by atomic mass is 16.6. The predicted molar refractivity (Wildman–Crippen MR) is 122 cm³/mol. The van der Waals surface area contributed by atoms with E-state index in [0.29, 0.717) is 29.2 Å². The lowest BCUT2D eigenvalue weighted by Gasteiger charge is -2.12. The highest BCUT2D eigenvalue weighted by Gasteiger charge is 2.20. The van der Waals surface area contributed by atoms with Gasteiger partial charge in [-0.25, -0.2) is 4.99 Å². The molecule has 156 valence electrons. The van der Waals surface area contributed by atoms with Crippen LogP contribution in [0.4, 0.5) is 11.4 Å². The number of hydrogen-bond donors (Lipinski definition) is 0. The summed E-state index contributed by atoms with van der Waals surface area (Å²) in [5, 5.41) is 10.9. The molecule has 3 aromatic rings. The molecular weight excluding hydrogens is 392 g/mol. The number of allylic oxidation sites excluding steroid dienone is 1. The van der Waals surface area contributed by atoms with E-state index in [4.69, 9.17) is 4.74 Å². The van der Waals surface area contributed by atoms with E-state index in [1.807, 2.05) is 44.2 Å². The van der Waals surface area contributed by atoms with Gasteiger partial charge in [0.1, 0.15) is 5.76 Å². The number of Topliss-reactive ketones (excluding diaryl/α,β-unsaturated/α-hetero) is 1. The van der Waals surface area contributed by atoms with Gasteiger partial charge in [-0.2, -0.15) is 0 Å². The lowest BCUT2D eigenvalue weighted by atomic mass is 10.0.